The minimum atomic E-state index is -0.785. The Labute approximate surface area is 110 Å². The Morgan fingerprint density at radius 1 is 1.28 bits per heavy atom. The monoisotopic (exact) mass is 261 g/mol. The highest BCUT2D eigenvalue weighted by Gasteiger charge is 2.14. The van der Waals surface area contributed by atoms with E-state index in [9.17, 15) is 4.79 Å². The first-order valence-electron chi connectivity index (χ1n) is 5.75. The van der Waals surface area contributed by atoms with Crippen LogP contribution in [0.4, 0.5) is 0 Å². The summed E-state index contributed by atoms with van der Waals surface area (Å²) in [6.45, 7) is 2.47. The van der Waals surface area contributed by atoms with E-state index in [1.54, 1.807) is 6.92 Å². The number of hydrogen-bond donors (Lipinski definition) is 1. The molecular weight excluding hydrogens is 246 g/mol. The van der Waals surface area contributed by atoms with Gasteiger partial charge in [-0.2, -0.15) is 0 Å². The summed E-state index contributed by atoms with van der Waals surface area (Å²) in [5.74, 6) is -0.785. The van der Waals surface area contributed by atoms with Crippen molar-refractivity contribution < 1.29 is 9.90 Å². The summed E-state index contributed by atoms with van der Waals surface area (Å²) >= 11 is 1.37. The third-order valence-electron chi connectivity index (χ3n) is 2.63. The molecule has 0 aliphatic heterocycles. The molecule has 2 rings (SSSR count). The standard InChI is InChI=1S/C14H15NO2S/c1-11(14(16)17)18-13-8-5-9-15(13)10-12-6-3-2-4-7-12/h2-9,11H,10H2,1H3,(H,16,17). The molecule has 94 valence electrons. The molecule has 0 saturated heterocycles. The summed E-state index contributed by atoms with van der Waals surface area (Å²) < 4.78 is 2.07. The number of carboxylic acids is 1. The van der Waals surface area contributed by atoms with Crippen molar-refractivity contribution >= 4 is 17.7 Å². The Bertz CT molecular complexity index is 522. The molecule has 0 amide bonds. The van der Waals surface area contributed by atoms with Gasteiger partial charge in [-0.1, -0.05) is 42.1 Å². The number of nitrogens with zero attached hydrogens (tertiary/aromatic N) is 1. The van der Waals surface area contributed by atoms with Crippen LogP contribution in [0.3, 0.4) is 0 Å². The van der Waals surface area contributed by atoms with E-state index < -0.39 is 11.2 Å². The molecule has 0 radical (unpaired) electrons. The van der Waals surface area contributed by atoms with Gasteiger partial charge in [-0.05, 0) is 24.6 Å². The van der Waals surface area contributed by atoms with Gasteiger partial charge in [-0.3, -0.25) is 4.79 Å². The minimum absolute atomic E-state index is 0.436. The van der Waals surface area contributed by atoms with E-state index in [4.69, 9.17) is 5.11 Å². The van der Waals surface area contributed by atoms with Crippen molar-refractivity contribution in [2.45, 2.75) is 23.7 Å². The lowest BCUT2D eigenvalue weighted by Crippen LogP contribution is -2.12. The average Bonchev–Trinajstić information content (AvgIpc) is 2.78. The molecule has 0 saturated carbocycles. The first kappa shape index (κ1) is 12.8. The van der Waals surface area contributed by atoms with E-state index >= 15 is 0 Å². The molecule has 18 heavy (non-hydrogen) atoms. The molecule has 1 unspecified atom stereocenters. The van der Waals surface area contributed by atoms with E-state index in [1.165, 1.54) is 17.3 Å². The van der Waals surface area contributed by atoms with Gasteiger partial charge in [-0.15, -0.1) is 0 Å². The molecule has 0 aliphatic rings. The second kappa shape index (κ2) is 5.78. The summed E-state index contributed by atoms with van der Waals surface area (Å²) in [5.41, 5.74) is 1.21. The average molecular weight is 261 g/mol. The van der Waals surface area contributed by atoms with Crippen LogP contribution in [0.5, 0.6) is 0 Å². The highest BCUT2D eigenvalue weighted by atomic mass is 32.2. The molecule has 0 aliphatic carbocycles. The summed E-state index contributed by atoms with van der Waals surface area (Å²) in [5, 5.41) is 9.48. The molecule has 1 aromatic carbocycles. The van der Waals surface area contributed by atoms with Gasteiger partial charge in [0.1, 0.15) is 5.25 Å². The molecule has 1 atom stereocenters. The molecule has 0 bridgehead atoms. The smallest absolute Gasteiger partial charge is 0.316 e. The number of hydrogen-bond acceptors (Lipinski definition) is 2. The third-order valence-corrected chi connectivity index (χ3v) is 3.80. The first-order chi connectivity index (χ1) is 8.66. The van der Waals surface area contributed by atoms with Crippen LogP contribution in [0.1, 0.15) is 12.5 Å². The van der Waals surface area contributed by atoms with Crippen molar-refractivity contribution in [3.8, 4) is 0 Å². The highest BCUT2D eigenvalue weighted by Crippen LogP contribution is 2.24. The van der Waals surface area contributed by atoms with Gasteiger partial charge in [0, 0.05) is 12.7 Å². The molecule has 4 heteroatoms. The van der Waals surface area contributed by atoms with Crippen LogP contribution < -0.4 is 0 Å². The van der Waals surface area contributed by atoms with Gasteiger partial charge >= 0.3 is 5.97 Å². The summed E-state index contributed by atoms with van der Waals surface area (Å²) in [4.78, 5) is 10.9. The quantitative estimate of drug-likeness (QED) is 0.841. The molecule has 2 aromatic rings. The molecule has 0 spiro atoms. The molecular formula is C14H15NO2S. The lowest BCUT2D eigenvalue weighted by molar-refractivity contribution is -0.136. The topological polar surface area (TPSA) is 42.2 Å². The van der Waals surface area contributed by atoms with Crippen molar-refractivity contribution in [2.75, 3.05) is 0 Å². The fourth-order valence-corrected chi connectivity index (χ4v) is 2.53. The number of carbonyl (C=O) groups is 1. The molecule has 1 N–H and O–H groups in total. The van der Waals surface area contributed by atoms with Gasteiger partial charge in [0.25, 0.3) is 0 Å². The molecule has 1 aromatic heterocycles. The Balaban J connectivity index is 2.11. The number of rotatable bonds is 5. The Hall–Kier alpha value is -1.68. The van der Waals surface area contributed by atoms with Crippen LogP contribution in [0.15, 0.2) is 53.7 Å². The number of aromatic nitrogens is 1. The van der Waals surface area contributed by atoms with Crippen molar-refractivity contribution in [1.29, 1.82) is 0 Å². The largest absolute Gasteiger partial charge is 0.480 e. The summed E-state index contributed by atoms with van der Waals surface area (Å²) in [7, 11) is 0. The zero-order chi connectivity index (χ0) is 13.0. The predicted molar refractivity (Wildman–Crippen MR) is 72.9 cm³/mol. The second-order valence-corrected chi connectivity index (χ2v) is 5.42. The van der Waals surface area contributed by atoms with Crippen molar-refractivity contribution in [1.82, 2.24) is 4.57 Å². The van der Waals surface area contributed by atoms with Crippen LogP contribution in [0, 0.1) is 0 Å². The number of aliphatic carboxylic acids is 1. The number of carboxylic acid groups (broad SMARTS) is 1. The predicted octanol–water partition coefficient (Wildman–Crippen LogP) is 3.10. The maximum Gasteiger partial charge on any atom is 0.316 e. The van der Waals surface area contributed by atoms with E-state index in [2.05, 4.69) is 16.7 Å². The van der Waals surface area contributed by atoms with Crippen molar-refractivity contribution in [3.05, 3.63) is 54.2 Å². The molecule has 1 heterocycles. The minimum Gasteiger partial charge on any atom is -0.480 e. The fourth-order valence-electron chi connectivity index (χ4n) is 1.65. The van der Waals surface area contributed by atoms with E-state index in [0.29, 0.717) is 0 Å². The molecule has 0 fully saturated rings. The normalized spacial score (nSPS) is 12.3. The van der Waals surface area contributed by atoms with Crippen LogP contribution in [-0.2, 0) is 11.3 Å². The van der Waals surface area contributed by atoms with Crippen LogP contribution >= 0.6 is 11.8 Å². The van der Waals surface area contributed by atoms with Gasteiger partial charge in [-0.25, -0.2) is 0 Å². The Morgan fingerprint density at radius 2 is 2.00 bits per heavy atom. The summed E-state index contributed by atoms with van der Waals surface area (Å²) in [6, 6.07) is 14.0. The SMILES string of the molecule is CC(Sc1cccn1Cc1ccccc1)C(=O)O. The second-order valence-electron chi connectivity index (χ2n) is 4.06. The van der Waals surface area contributed by atoms with Crippen molar-refractivity contribution in [2.24, 2.45) is 0 Å². The first-order valence-corrected chi connectivity index (χ1v) is 6.63. The zero-order valence-electron chi connectivity index (χ0n) is 10.1. The lowest BCUT2D eigenvalue weighted by atomic mass is 10.2. The number of thioether (sulfide) groups is 1. The maximum atomic E-state index is 10.9. The third kappa shape index (κ3) is 3.17. The van der Waals surface area contributed by atoms with Crippen LogP contribution in [-0.4, -0.2) is 20.9 Å². The highest BCUT2D eigenvalue weighted by molar-refractivity contribution is 8.00. The van der Waals surface area contributed by atoms with Crippen molar-refractivity contribution in [3.63, 3.8) is 0 Å². The Kier molecular flexibility index (Phi) is 4.10. The lowest BCUT2D eigenvalue weighted by Gasteiger charge is -2.11. The number of benzene rings is 1. The Morgan fingerprint density at radius 3 is 2.67 bits per heavy atom. The van der Waals surface area contributed by atoms with Gasteiger partial charge < -0.3 is 9.67 Å². The van der Waals surface area contributed by atoms with Gasteiger partial charge in [0.2, 0.25) is 0 Å². The van der Waals surface area contributed by atoms with Crippen LogP contribution in [0.2, 0.25) is 0 Å². The fraction of sp³-hybridized carbons (Fsp3) is 0.214. The molecule has 3 nitrogen and oxygen atoms in total. The maximum absolute atomic E-state index is 10.9. The van der Waals surface area contributed by atoms with Gasteiger partial charge in [0.05, 0.1) is 5.03 Å². The van der Waals surface area contributed by atoms with E-state index in [1.807, 2.05) is 36.5 Å². The summed E-state index contributed by atoms with van der Waals surface area (Å²) in [6.07, 6.45) is 1.98. The van der Waals surface area contributed by atoms with Crippen LogP contribution in [0.25, 0.3) is 0 Å². The van der Waals surface area contributed by atoms with E-state index in [0.717, 1.165) is 11.6 Å². The zero-order valence-corrected chi connectivity index (χ0v) is 10.9. The van der Waals surface area contributed by atoms with E-state index in [-0.39, 0.29) is 0 Å². The van der Waals surface area contributed by atoms with Gasteiger partial charge in [0.15, 0.2) is 0 Å².